The molecular formula is C54H46O8P2. The first-order valence-corrected chi connectivity index (χ1v) is 23.4. The van der Waals surface area contributed by atoms with Gasteiger partial charge in [-0.05, 0) is 145 Å². The van der Waals surface area contributed by atoms with Gasteiger partial charge in [0.25, 0.3) is 16.0 Å². The molecule has 0 aliphatic carbocycles. The van der Waals surface area contributed by atoms with Gasteiger partial charge in [-0.1, -0.05) is 60.7 Å². The Morgan fingerprint density at radius 3 is 1.11 bits per heavy atom. The number of ether oxygens (including phenoxy) is 3. The van der Waals surface area contributed by atoms with Crippen LogP contribution in [0.25, 0.3) is 87.2 Å². The highest BCUT2D eigenvalue weighted by atomic mass is 31.1. The number of benzene rings is 8. The number of carbonyl (C=O) groups is 1. The Bertz CT molecular complexity index is 3600. The molecule has 1 atom stereocenters. The quantitative estimate of drug-likeness (QED) is 0.146. The molecule has 0 aliphatic rings. The zero-order valence-corrected chi connectivity index (χ0v) is 38.9. The maximum atomic E-state index is 12.3. The van der Waals surface area contributed by atoms with Crippen LogP contribution in [-0.2, 0) is 0 Å². The molecule has 0 spiro atoms. The van der Waals surface area contributed by atoms with Crippen LogP contribution in [0.4, 0.5) is 0 Å². The first-order chi connectivity index (χ1) is 31.0. The minimum atomic E-state index is -1.90. The van der Waals surface area contributed by atoms with Crippen LogP contribution >= 0.6 is 16.0 Å². The Balaban J connectivity index is 1.43. The fourth-order valence-corrected chi connectivity index (χ4v) is 12.8. The summed E-state index contributed by atoms with van der Waals surface area (Å²) in [5, 5.41) is 9.38. The van der Waals surface area contributed by atoms with Crippen molar-refractivity contribution in [1.29, 1.82) is 0 Å². The Morgan fingerprint density at radius 2 is 0.750 bits per heavy atom. The highest BCUT2D eigenvalue weighted by Gasteiger charge is 2.28. The summed E-state index contributed by atoms with van der Waals surface area (Å²) in [6.45, 7) is 12.4. The molecule has 0 N–H and O–H groups in total. The van der Waals surface area contributed by atoms with E-state index in [4.69, 9.17) is 31.0 Å². The van der Waals surface area contributed by atoms with Crippen LogP contribution in [-0.4, -0.2) is 27.6 Å². The molecule has 0 radical (unpaired) electrons. The van der Waals surface area contributed by atoms with Crippen molar-refractivity contribution in [3.8, 4) is 39.0 Å². The van der Waals surface area contributed by atoms with Crippen molar-refractivity contribution in [3.05, 3.63) is 148 Å². The molecule has 0 amide bonds. The maximum Gasteiger partial charge on any atom is 0.253 e. The van der Waals surface area contributed by atoms with E-state index in [-0.39, 0.29) is 0 Å². The minimum Gasteiger partial charge on any atom is -0.497 e. The van der Waals surface area contributed by atoms with Gasteiger partial charge in [-0.25, -0.2) is 0 Å². The highest BCUT2D eigenvalue weighted by Crippen LogP contribution is 2.59. The molecule has 2 heterocycles. The lowest BCUT2D eigenvalue weighted by molar-refractivity contribution is 0.112. The molecule has 64 heavy (non-hydrogen) atoms. The molecule has 10 heteroatoms. The summed E-state index contributed by atoms with van der Waals surface area (Å²) >= 11 is 0. The molecule has 1 unspecified atom stereocenters. The van der Waals surface area contributed by atoms with Crippen molar-refractivity contribution in [2.24, 2.45) is 0 Å². The highest BCUT2D eigenvalue weighted by molar-refractivity contribution is 7.47. The van der Waals surface area contributed by atoms with Gasteiger partial charge in [0.05, 0.1) is 31.9 Å². The first-order valence-electron chi connectivity index (χ1n) is 21.0. The molecular weight excluding hydrogens is 839 g/mol. The lowest BCUT2D eigenvalue weighted by Crippen LogP contribution is -1.93. The number of hydrogen-bond donors (Lipinski definition) is 0. The Kier molecular flexibility index (Phi) is 10.3. The Hall–Kier alpha value is -6.85. The van der Waals surface area contributed by atoms with Crippen molar-refractivity contribution in [2.75, 3.05) is 21.3 Å². The van der Waals surface area contributed by atoms with Gasteiger partial charge < -0.3 is 31.0 Å². The number of fused-ring (bicyclic) bond motifs is 8. The summed E-state index contributed by atoms with van der Waals surface area (Å²) < 4.78 is 46.7. The second kappa shape index (κ2) is 16.1. The molecule has 2 aromatic heterocycles. The average molecular weight is 885 g/mol. The van der Waals surface area contributed by atoms with Crippen molar-refractivity contribution in [1.82, 2.24) is 0 Å². The number of carbonyl (C=O) groups excluding carboxylic acids is 1. The number of hydrogen-bond acceptors (Lipinski definition) is 8. The lowest BCUT2D eigenvalue weighted by Gasteiger charge is -2.20. The van der Waals surface area contributed by atoms with Crippen molar-refractivity contribution in [3.63, 3.8) is 0 Å². The van der Waals surface area contributed by atoms with E-state index in [0.29, 0.717) is 22.5 Å². The minimum absolute atomic E-state index is 0.548. The van der Waals surface area contributed by atoms with Gasteiger partial charge in [0, 0.05) is 38.2 Å². The predicted molar refractivity (Wildman–Crippen MR) is 263 cm³/mol. The van der Waals surface area contributed by atoms with E-state index in [9.17, 15) is 4.79 Å². The van der Waals surface area contributed by atoms with Crippen molar-refractivity contribution >= 4 is 87.7 Å². The molecule has 0 fully saturated rings. The number of aldehydes is 1. The van der Waals surface area contributed by atoms with Gasteiger partial charge in [-0.3, -0.25) is 4.79 Å². The Morgan fingerprint density at radius 1 is 0.406 bits per heavy atom. The third kappa shape index (κ3) is 6.72. The molecule has 0 bridgehead atoms. The van der Waals surface area contributed by atoms with Gasteiger partial charge in [-0.15, -0.1) is 0 Å². The second-order valence-electron chi connectivity index (χ2n) is 16.5. The van der Waals surface area contributed by atoms with Gasteiger partial charge in [-0.2, -0.15) is 0 Å². The van der Waals surface area contributed by atoms with Crippen LogP contribution in [0.15, 0.2) is 126 Å². The third-order valence-electron chi connectivity index (χ3n) is 12.2. The molecule has 0 aliphatic heterocycles. The molecule has 0 saturated heterocycles. The zero-order chi connectivity index (χ0) is 44.6. The van der Waals surface area contributed by atoms with Crippen molar-refractivity contribution < 1.29 is 35.8 Å². The second-order valence-corrected chi connectivity index (χ2v) is 19.1. The molecule has 8 aromatic carbocycles. The zero-order valence-electron chi connectivity index (χ0n) is 37.1. The summed E-state index contributed by atoms with van der Waals surface area (Å²) in [6.07, 6.45) is 0.872. The topological polar surface area (TPSA) is 97.3 Å². The van der Waals surface area contributed by atoms with Crippen LogP contribution in [0.1, 0.15) is 43.7 Å². The normalized spacial score (nSPS) is 11.9. The fraction of sp³-hybridized carbons (Fsp3) is 0.167. The van der Waals surface area contributed by atoms with Crippen LogP contribution < -0.4 is 14.2 Å². The van der Waals surface area contributed by atoms with E-state index >= 15 is 0 Å². The van der Waals surface area contributed by atoms with E-state index in [1.54, 1.807) is 21.3 Å². The number of methoxy groups -OCH3 is 3. The number of aryl methyl sites for hydroxylation is 6. The van der Waals surface area contributed by atoms with Gasteiger partial charge in [0.1, 0.15) is 45.9 Å². The van der Waals surface area contributed by atoms with Crippen LogP contribution in [0.3, 0.4) is 0 Å². The van der Waals surface area contributed by atoms with Crippen LogP contribution in [0.2, 0.25) is 0 Å². The van der Waals surface area contributed by atoms with Gasteiger partial charge in [0.2, 0.25) is 0 Å². The van der Waals surface area contributed by atoms with E-state index in [0.717, 1.165) is 127 Å². The van der Waals surface area contributed by atoms with Crippen LogP contribution in [0, 0.1) is 41.5 Å². The molecule has 10 aromatic rings. The summed E-state index contributed by atoms with van der Waals surface area (Å²) in [4.78, 5) is 12.3. The van der Waals surface area contributed by atoms with Gasteiger partial charge >= 0.3 is 0 Å². The third-order valence-corrected chi connectivity index (χ3v) is 15.5. The summed E-state index contributed by atoms with van der Waals surface area (Å²) in [7, 11) is 1.23. The predicted octanol–water partition coefficient (Wildman–Crippen LogP) is 16.5. The van der Waals surface area contributed by atoms with Crippen LogP contribution in [0.5, 0.6) is 17.2 Å². The van der Waals surface area contributed by atoms with Crippen molar-refractivity contribution in [2.45, 2.75) is 41.5 Å². The molecule has 320 valence electrons. The van der Waals surface area contributed by atoms with E-state index < -0.39 is 16.0 Å². The molecule has 10 rings (SSSR count). The van der Waals surface area contributed by atoms with Gasteiger partial charge in [0.15, 0.2) is 0 Å². The summed E-state index contributed by atoms with van der Waals surface area (Å²) in [5.74, 6) is 2.12. The molecule has 0 saturated carbocycles. The fourth-order valence-electron chi connectivity index (χ4n) is 9.21. The monoisotopic (exact) mass is 884 g/mol. The summed E-state index contributed by atoms with van der Waals surface area (Å²) in [5.41, 5.74) is 10.8. The first kappa shape index (κ1) is 41.2. The molecule has 8 nitrogen and oxygen atoms in total. The van der Waals surface area contributed by atoms with E-state index in [2.05, 4.69) is 74.5 Å². The maximum absolute atomic E-state index is 12.3. The van der Waals surface area contributed by atoms with E-state index in [1.165, 1.54) is 0 Å². The lowest BCUT2D eigenvalue weighted by atomic mass is 9.91. The average Bonchev–Trinajstić information content (AvgIpc) is 3.57. The largest absolute Gasteiger partial charge is 0.497 e. The van der Waals surface area contributed by atoms with E-state index in [1.807, 2.05) is 76.2 Å². The standard InChI is InChI=1S/C54H46O8P2/c1-29-18-35(28-55)24-43-44-25-38(56-7)21-30(2)50(44)60-63(59-49(29)43)53-33(5)19-36-14-10-12-16-41(36)47(53)48-42-17-13-11-15-37(42)20-34(6)54(48)64-61-51-31(3)22-39(57-8)26-45(51)46-27-40(58-9)23-32(4)52(46)62-64/h10-28H,1-9H3. The Labute approximate surface area is 372 Å². The summed E-state index contributed by atoms with van der Waals surface area (Å²) in [6, 6.07) is 37.2. The smallest absolute Gasteiger partial charge is 0.253 e. The SMILES string of the molecule is COc1cc(C)c2op(-c3c(C)cc4ccccc4c3-c3c(-p4oc5c(C)cc(OC)cc5c5cc(OC)cc(C)c5o4)c(C)cc4ccccc34)oc3c(C)cc(C=O)cc3c2c1. The number of rotatable bonds is 7.